The molecule has 0 aliphatic carbocycles. The average molecular weight is 209 g/mol. The van der Waals surface area contributed by atoms with Gasteiger partial charge in [-0.1, -0.05) is 13.3 Å². The van der Waals surface area contributed by atoms with E-state index in [2.05, 4.69) is 22.2 Å². The zero-order chi connectivity index (χ0) is 11.1. The first kappa shape index (κ1) is 11.4. The molecule has 0 radical (unpaired) electrons. The number of anilines is 1. The predicted octanol–water partition coefficient (Wildman–Crippen LogP) is 1.32. The van der Waals surface area contributed by atoms with Gasteiger partial charge in [-0.15, -0.1) is 0 Å². The van der Waals surface area contributed by atoms with Gasteiger partial charge in [0.25, 0.3) is 0 Å². The zero-order valence-corrected chi connectivity index (χ0v) is 8.73. The fourth-order valence-electron chi connectivity index (χ4n) is 1.18. The lowest BCUT2D eigenvalue weighted by Crippen LogP contribution is -2.09. The number of carboxylic acids is 1. The Labute approximate surface area is 88.6 Å². The minimum atomic E-state index is -0.815. The molecule has 1 aromatic heterocycles. The van der Waals surface area contributed by atoms with Crippen LogP contribution in [0.3, 0.4) is 0 Å². The molecule has 0 unspecified atom stereocenters. The topological polar surface area (TPSA) is 75.1 Å². The third-order valence-electron chi connectivity index (χ3n) is 1.87. The fourth-order valence-corrected chi connectivity index (χ4v) is 1.18. The van der Waals surface area contributed by atoms with Gasteiger partial charge in [0.15, 0.2) is 0 Å². The van der Waals surface area contributed by atoms with Gasteiger partial charge in [-0.3, -0.25) is 4.79 Å². The SMILES string of the molecule is CCCc1cc(NCCC(=O)O)ncn1. The third-order valence-corrected chi connectivity index (χ3v) is 1.87. The molecule has 5 heteroatoms. The lowest BCUT2D eigenvalue weighted by molar-refractivity contribution is -0.136. The largest absolute Gasteiger partial charge is 0.481 e. The minimum Gasteiger partial charge on any atom is -0.481 e. The van der Waals surface area contributed by atoms with Gasteiger partial charge in [-0.2, -0.15) is 0 Å². The molecule has 0 aromatic carbocycles. The van der Waals surface area contributed by atoms with Gasteiger partial charge < -0.3 is 10.4 Å². The van der Waals surface area contributed by atoms with Gasteiger partial charge in [0.1, 0.15) is 12.1 Å². The number of carboxylic acid groups (broad SMARTS) is 1. The van der Waals surface area contributed by atoms with E-state index in [9.17, 15) is 4.79 Å². The third kappa shape index (κ3) is 4.39. The molecular formula is C10H15N3O2. The quantitative estimate of drug-likeness (QED) is 0.739. The van der Waals surface area contributed by atoms with Crippen LogP contribution in [0.2, 0.25) is 0 Å². The molecule has 2 N–H and O–H groups in total. The van der Waals surface area contributed by atoms with E-state index in [0.717, 1.165) is 18.5 Å². The highest BCUT2D eigenvalue weighted by atomic mass is 16.4. The van der Waals surface area contributed by atoms with Crippen molar-refractivity contribution in [2.75, 3.05) is 11.9 Å². The summed E-state index contributed by atoms with van der Waals surface area (Å²) in [4.78, 5) is 18.4. The number of hydrogen-bond acceptors (Lipinski definition) is 4. The number of hydrogen-bond donors (Lipinski definition) is 2. The second kappa shape index (κ2) is 5.95. The van der Waals surface area contributed by atoms with E-state index < -0.39 is 5.97 Å². The molecule has 0 atom stereocenters. The molecule has 0 spiro atoms. The van der Waals surface area contributed by atoms with Crippen molar-refractivity contribution in [1.82, 2.24) is 9.97 Å². The Morgan fingerprint density at radius 2 is 2.33 bits per heavy atom. The van der Waals surface area contributed by atoms with Crippen molar-refractivity contribution >= 4 is 11.8 Å². The minimum absolute atomic E-state index is 0.0904. The van der Waals surface area contributed by atoms with E-state index in [0.29, 0.717) is 12.4 Å². The van der Waals surface area contributed by atoms with Crippen molar-refractivity contribution < 1.29 is 9.90 Å². The first-order chi connectivity index (χ1) is 7.22. The summed E-state index contributed by atoms with van der Waals surface area (Å²) in [7, 11) is 0. The Bertz CT molecular complexity index is 328. The Hall–Kier alpha value is -1.65. The van der Waals surface area contributed by atoms with Crippen LogP contribution < -0.4 is 5.32 Å². The number of nitrogens with one attached hydrogen (secondary N) is 1. The Morgan fingerprint density at radius 1 is 1.53 bits per heavy atom. The van der Waals surface area contributed by atoms with E-state index in [1.54, 1.807) is 0 Å². The summed E-state index contributed by atoms with van der Waals surface area (Å²) in [6, 6.07) is 1.85. The molecule has 0 saturated heterocycles. The number of carbonyl (C=O) groups is 1. The van der Waals surface area contributed by atoms with Gasteiger partial charge in [0.05, 0.1) is 6.42 Å². The Morgan fingerprint density at radius 3 is 3.00 bits per heavy atom. The predicted molar refractivity (Wildman–Crippen MR) is 56.8 cm³/mol. The Kier molecular flexibility index (Phi) is 4.53. The molecule has 82 valence electrons. The second-order valence-electron chi connectivity index (χ2n) is 3.22. The number of rotatable bonds is 6. The van der Waals surface area contributed by atoms with Gasteiger partial charge in [-0.05, 0) is 6.42 Å². The summed E-state index contributed by atoms with van der Waals surface area (Å²) >= 11 is 0. The molecule has 1 rings (SSSR count). The lowest BCUT2D eigenvalue weighted by atomic mass is 10.2. The summed E-state index contributed by atoms with van der Waals surface area (Å²) in [6.45, 7) is 2.47. The Balaban J connectivity index is 2.46. The smallest absolute Gasteiger partial charge is 0.305 e. The molecular weight excluding hydrogens is 194 g/mol. The van der Waals surface area contributed by atoms with Crippen LogP contribution in [0.25, 0.3) is 0 Å². The zero-order valence-electron chi connectivity index (χ0n) is 8.73. The molecule has 5 nitrogen and oxygen atoms in total. The van der Waals surface area contributed by atoms with E-state index in [1.165, 1.54) is 6.33 Å². The molecule has 0 saturated carbocycles. The standard InChI is InChI=1S/C10H15N3O2/c1-2-3-8-6-9(13-7-12-8)11-5-4-10(14)15/h6-7H,2-5H2,1H3,(H,14,15)(H,11,12,13). The van der Waals surface area contributed by atoms with E-state index in [1.807, 2.05) is 6.07 Å². The fraction of sp³-hybridized carbons (Fsp3) is 0.500. The van der Waals surface area contributed by atoms with Gasteiger partial charge in [-0.25, -0.2) is 9.97 Å². The number of aromatic nitrogens is 2. The van der Waals surface area contributed by atoms with Crippen LogP contribution in [0, 0.1) is 0 Å². The van der Waals surface area contributed by atoms with Crippen molar-refractivity contribution in [3.8, 4) is 0 Å². The summed E-state index contributed by atoms with van der Waals surface area (Å²) in [5, 5.41) is 11.4. The summed E-state index contributed by atoms with van der Waals surface area (Å²) < 4.78 is 0. The van der Waals surface area contributed by atoms with E-state index in [-0.39, 0.29) is 6.42 Å². The maximum atomic E-state index is 10.3. The lowest BCUT2D eigenvalue weighted by Gasteiger charge is -2.04. The van der Waals surface area contributed by atoms with Crippen molar-refractivity contribution in [1.29, 1.82) is 0 Å². The van der Waals surface area contributed by atoms with Crippen molar-refractivity contribution in [3.05, 3.63) is 18.1 Å². The number of aryl methyl sites for hydroxylation is 1. The monoisotopic (exact) mass is 209 g/mol. The van der Waals surface area contributed by atoms with Crippen LogP contribution in [0.15, 0.2) is 12.4 Å². The van der Waals surface area contributed by atoms with Crippen LogP contribution in [-0.4, -0.2) is 27.6 Å². The van der Waals surface area contributed by atoms with Gasteiger partial charge >= 0.3 is 5.97 Å². The van der Waals surface area contributed by atoms with Gasteiger partial charge in [0, 0.05) is 18.3 Å². The summed E-state index contributed by atoms with van der Waals surface area (Å²) in [5.41, 5.74) is 0.977. The molecule has 15 heavy (non-hydrogen) atoms. The van der Waals surface area contributed by atoms with Gasteiger partial charge in [0.2, 0.25) is 0 Å². The second-order valence-corrected chi connectivity index (χ2v) is 3.22. The average Bonchev–Trinajstić information content (AvgIpc) is 2.18. The molecule has 0 aliphatic rings. The molecule has 1 aromatic rings. The molecule has 1 heterocycles. The highest BCUT2D eigenvalue weighted by Gasteiger charge is 1.99. The van der Waals surface area contributed by atoms with Crippen molar-refractivity contribution in [2.45, 2.75) is 26.2 Å². The van der Waals surface area contributed by atoms with Crippen LogP contribution in [0.5, 0.6) is 0 Å². The van der Waals surface area contributed by atoms with E-state index >= 15 is 0 Å². The van der Waals surface area contributed by atoms with Crippen LogP contribution in [-0.2, 0) is 11.2 Å². The van der Waals surface area contributed by atoms with E-state index in [4.69, 9.17) is 5.11 Å². The first-order valence-electron chi connectivity index (χ1n) is 4.99. The highest BCUT2D eigenvalue weighted by molar-refractivity contribution is 5.67. The normalized spacial score (nSPS) is 9.93. The van der Waals surface area contributed by atoms with Crippen LogP contribution in [0.1, 0.15) is 25.5 Å². The highest BCUT2D eigenvalue weighted by Crippen LogP contribution is 2.05. The number of aliphatic carboxylic acids is 1. The first-order valence-corrected chi connectivity index (χ1v) is 4.99. The van der Waals surface area contributed by atoms with Crippen LogP contribution >= 0.6 is 0 Å². The maximum absolute atomic E-state index is 10.3. The summed E-state index contributed by atoms with van der Waals surface area (Å²) in [5.74, 6) is -0.125. The molecule has 0 aliphatic heterocycles. The number of nitrogens with zero attached hydrogens (tertiary/aromatic N) is 2. The van der Waals surface area contributed by atoms with Crippen molar-refractivity contribution in [2.24, 2.45) is 0 Å². The maximum Gasteiger partial charge on any atom is 0.305 e. The molecule has 0 fully saturated rings. The van der Waals surface area contributed by atoms with Crippen LogP contribution in [0.4, 0.5) is 5.82 Å². The molecule has 0 amide bonds. The molecule has 0 bridgehead atoms. The summed E-state index contributed by atoms with van der Waals surface area (Å²) in [6.07, 6.45) is 3.53. The van der Waals surface area contributed by atoms with Crippen molar-refractivity contribution in [3.63, 3.8) is 0 Å².